The average Bonchev–Trinajstić information content (AvgIpc) is 2.77. The number of hydrogen-bond donors (Lipinski definition) is 0. The molecule has 1 unspecified atom stereocenters. The maximum atomic E-state index is 5.77. The Morgan fingerprint density at radius 2 is 1.46 bits per heavy atom. The second-order valence-electron chi connectivity index (χ2n) is 7.80. The Hall–Kier alpha value is -2.00. The first kappa shape index (κ1) is 20.7. The van der Waals surface area contributed by atoms with Crippen molar-refractivity contribution in [3.05, 3.63) is 59.7 Å². The summed E-state index contributed by atoms with van der Waals surface area (Å²) in [6, 6.07) is 16.9. The van der Waals surface area contributed by atoms with Gasteiger partial charge in [0.15, 0.2) is 6.79 Å². The molecule has 1 aliphatic carbocycles. The lowest BCUT2D eigenvalue weighted by Crippen LogP contribution is -2.10. The van der Waals surface area contributed by atoms with Crippen LogP contribution in [0.4, 0.5) is 0 Å². The van der Waals surface area contributed by atoms with E-state index in [9.17, 15) is 0 Å². The van der Waals surface area contributed by atoms with Gasteiger partial charge in [-0.15, -0.1) is 0 Å². The van der Waals surface area contributed by atoms with Gasteiger partial charge in [-0.05, 0) is 66.5 Å². The zero-order chi connectivity index (χ0) is 19.6. The topological polar surface area (TPSA) is 27.7 Å². The molecule has 0 aromatic heterocycles. The highest BCUT2D eigenvalue weighted by atomic mass is 16.7. The molecule has 3 rings (SSSR count). The third-order valence-electron chi connectivity index (χ3n) is 5.82. The summed E-state index contributed by atoms with van der Waals surface area (Å²) in [5, 5.41) is 0. The van der Waals surface area contributed by atoms with Crippen molar-refractivity contribution < 1.29 is 14.2 Å². The van der Waals surface area contributed by atoms with E-state index in [1.165, 1.54) is 43.2 Å². The zero-order valence-electron chi connectivity index (χ0n) is 17.4. The molecule has 3 nitrogen and oxygen atoms in total. The summed E-state index contributed by atoms with van der Waals surface area (Å²) >= 11 is 0. The summed E-state index contributed by atoms with van der Waals surface area (Å²) in [5.41, 5.74) is 2.80. The van der Waals surface area contributed by atoms with E-state index >= 15 is 0 Å². The predicted octanol–water partition coefficient (Wildman–Crippen LogP) is 6.68. The highest BCUT2D eigenvalue weighted by Crippen LogP contribution is 2.33. The van der Waals surface area contributed by atoms with Gasteiger partial charge in [-0.1, -0.05) is 57.4 Å². The molecule has 0 spiro atoms. The highest BCUT2D eigenvalue weighted by Gasteiger charge is 2.15. The Bertz CT molecular complexity index is 672. The molecule has 152 valence electrons. The van der Waals surface area contributed by atoms with Gasteiger partial charge in [-0.3, -0.25) is 0 Å². The van der Waals surface area contributed by atoms with Gasteiger partial charge in [0.25, 0.3) is 0 Å². The van der Waals surface area contributed by atoms with Gasteiger partial charge in [0.05, 0.1) is 6.61 Å². The van der Waals surface area contributed by atoms with Crippen molar-refractivity contribution in [2.75, 3.05) is 20.0 Å². The maximum absolute atomic E-state index is 5.77. The predicted molar refractivity (Wildman–Crippen MR) is 114 cm³/mol. The molecule has 28 heavy (non-hydrogen) atoms. The molecule has 0 aliphatic heterocycles. The summed E-state index contributed by atoms with van der Waals surface area (Å²) < 4.78 is 16.9. The summed E-state index contributed by atoms with van der Waals surface area (Å²) in [5.74, 6) is 3.07. The number of hydrogen-bond acceptors (Lipinski definition) is 3. The van der Waals surface area contributed by atoms with Gasteiger partial charge >= 0.3 is 0 Å². The van der Waals surface area contributed by atoms with Crippen molar-refractivity contribution in [2.45, 2.75) is 64.2 Å². The van der Waals surface area contributed by atoms with E-state index < -0.39 is 0 Å². The van der Waals surface area contributed by atoms with Crippen LogP contribution < -0.4 is 9.47 Å². The first-order chi connectivity index (χ1) is 13.8. The molecule has 0 bridgehead atoms. The minimum Gasteiger partial charge on any atom is -0.491 e. The first-order valence-corrected chi connectivity index (χ1v) is 10.8. The fraction of sp³-hybridized carbons (Fsp3) is 0.520. The van der Waals surface area contributed by atoms with Crippen LogP contribution in [-0.2, 0) is 4.74 Å². The monoisotopic (exact) mass is 382 g/mol. The summed E-state index contributed by atoms with van der Waals surface area (Å²) in [7, 11) is 0. The molecule has 1 fully saturated rings. The molecular formula is C25H34O3. The second-order valence-corrected chi connectivity index (χ2v) is 7.80. The van der Waals surface area contributed by atoms with Crippen molar-refractivity contribution in [1.29, 1.82) is 0 Å². The Labute approximate surface area is 170 Å². The molecule has 2 aromatic carbocycles. The number of benzene rings is 2. The van der Waals surface area contributed by atoms with Crippen molar-refractivity contribution in [3.63, 3.8) is 0 Å². The van der Waals surface area contributed by atoms with Crippen LogP contribution in [0.1, 0.15) is 75.3 Å². The van der Waals surface area contributed by atoms with Crippen LogP contribution in [0.15, 0.2) is 48.5 Å². The molecule has 0 saturated heterocycles. The van der Waals surface area contributed by atoms with E-state index in [0.717, 1.165) is 23.8 Å². The van der Waals surface area contributed by atoms with Crippen molar-refractivity contribution in [2.24, 2.45) is 0 Å². The smallest absolute Gasteiger partial charge is 0.189 e. The average molecular weight is 383 g/mol. The lowest BCUT2D eigenvalue weighted by molar-refractivity contribution is 0.00245. The summed E-state index contributed by atoms with van der Waals surface area (Å²) in [4.78, 5) is 0. The van der Waals surface area contributed by atoms with Crippen LogP contribution in [0.5, 0.6) is 11.5 Å². The van der Waals surface area contributed by atoms with E-state index in [1.54, 1.807) is 0 Å². The second kappa shape index (κ2) is 11.1. The molecule has 1 atom stereocenters. The normalized spacial score (nSPS) is 15.9. The molecule has 3 heteroatoms. The Balaban J connectivity index is 1.30. The molecule has 0 N–H and O–H groups in total. The van der Waals surface area contributed by atoms with Crippen LogP contribution in [0.25, 0.3) is 0 Å². The van der Waals surface area contributed by atoms with Crippen LogP contribution in [0, 0.1) is 0 Å². The van der Waals surface area contributed by atoms with Gasteiger partial charge in [-0.25, -0.2) is 0 Å². The standard InChI is InChI=1S/C25H34O3/c1-3-20(2)21-9-13-25(14-10-21)28-19-26-17-18-27-24-15-11-23(12-16-24)22-7-5-4-6-8-22/h9-16,20,22H,3-8,17-19H2,1-2H3. The van der Waals surface area contributed by atoms with Gasteiger partial charge in [0, 0.05) is 0 Å². The summed E-state index contributed by atoms with van der Waals surface area (Å²) in [6.07, 6.45) is 7.93. The molecule has 2 aromatic rings. The van der Waals surface area contributed by atoms with Crippen LogP contribution in [0.2, 0.25) is 0 Å². The summed E-state index contributed by atoms with van der Waals surface area (Å²) in [6.45, 7) is 5.72. The quantitative estimate of drug-likeness (QED) is 0.339. The van der Waals surface area contributed by atoms with Gasteiger partial charge in [-0.2, -0.15) is 0 Å². The Morgan fingerprint density at radius 1 is 0.821 bits per heavy atom. The lowest BCUT2D eigenvalue weighted by atomic mass is 9.84. The molecule has 0 amide bonds. The molecular weight excluding hydrogens is 348 g/mol. The van der Waals surface area contributed by atoms with E-state index in [-0.39, 0.29) is 6.79 Å². The molecule has 1 aliphatic rings. The fourth-order valence-electron chi connectivity index (χ4n) is 3.79. The van der Waals surface area contributed by atoms with E-state index in [1.807, 2.05) is 12.1 Å². The van der Waals surface area contributed by atoms with E-state index in [4.69, 9.17) is 14.2 Å². The van der Waals surface area contributed by atoms with Gasteiger partial charge in [0.2, 0.25) is 0 Å². The number of ether oxygens (including phenoxy) is 3. The van der Waals surface area contributed by atoms with Gasteiger partial charge in [0.1, 0.15) is 18.1 Å². The van der Waals surface area contributed by atoms with Gasteiger partial charge < -0.3 is 14.2 Å². The van der Waals surface area contributed by atoms with E-state index in [2.05, 4.69) is 50.2 Å². The molecule has 1 saturated carbocycles. The largest absolute Gasteiger partial charge is 0.491 e. The maximum Gasteiger partial charge on any atom is 0.189 e. The molecule has 0 radical (unpaired) electrons. The zero-order valence-corrected chi connectivity index (χ0v) is 17.4. The third kappa shape index (κ3) is 6.27. The van der Waals surface area contributed by atoms with Crippen LogP contribution >= 0.6 is 0 Å². The molecule has 0 heterocycles. The fourth-order valence-corrected chi connectivity index (χ4v) is 3.79. The lowest BCUT2D eigenvalue weighted by Gasteiger charge is -2.22. The first-order valence-electron chi connectivity index (χ1n) is 10.8. The van der Waals surface area contributed by atoms with E-state index in [0.29, 0.717) is 19.1 Å². The minimum absolute atomic E-state index is 0.243. The van der Waals surface area contributed by atoms with Crippen LogP contribution in [0.3, 0.4) is 0 Å². The third-order valence-corrected chi connectivity index (χ3v) is 5.82. The van der Waals surface area contributed by atoms with Crippen molar-refractivity contribution in [1.82, 2.24) is 0 Å². The Kier molecular flexibility index (Phi) is 8.23. The number of rotatable bonds is 10. The SMILES string of the molecule is CCC(C)c1ccc(OCOCCOc2ccc(C3CCCCC3)cc2)cc1. The van der Waals surface area contributed by atoms with Crippen molar-refractivity contribution in [3.8, 4) is 11.5 Å². The minimum atomic E-state index is 0.243. The van der Waals surface area contributed by atoms with Crippen molar-refractivity contribution >= 4 is 0 Å². The highest BCUT2D eigenvalue weighted by molar-refractivity contribution is 5.30. The Morgan fingerprint density at radius 3 is 2.14 bits per heavy atom. The van der Waals surface area contributed by atoms with Crippen LogP contribution in [-0.4, -0.2) is 20.0 Å².